The van der Waals surface area contributed by atoms with E-state index in [0.29, 0.717) is 0 Å². The van der Waals surface area contributed by atoms with Gasteiger partial charge < -0.3 is 10.6 Å². The number of alkyl halides is 3. The van der Waals surface area contributed by atoms with Gasteiger partial charge in [0, 0.05) is 17.1 Å². The number of hydrogen-bond donors (Lipinski definition) is 2. The molecule has 5 nitrogen and oxygen atoms in total. The molecule has 1 fully saturated rings. The number of carbonyl (C=O) groups excluding carboxylic acids is 1. The molecule has 0 unspecified atom stereocenters. The van der Waals surface area contributed by atoms with E-state index in [-0.39, 0.29) is 28.7 Å². The molecule has 9 heteroatoms. The first-order valence-corrected chi connectivity index (χ1v) is 8.92. The molecule has 0 aromatic carbocycles. The number of carbonyl (C=O) groups is 1. The lowest BCUT2D eigenvalue weighted by atomic mass is 9.79. The predicted molar refractivity (Wildman–Crippen MR) is 94.1 cm³/mol. The van der Waals surface area contributed by atoms with Crippen LogP contribution in [0, 0.1) is 6.92 Å². The monoisotopic (exact) mass is 394 g/mol. The SMILES string of the molecule is Cc1c(Cl)c(C(F)(F)F)nn1[C@H](C)C(=O)NC1CC(C)(C)NC(C)(C)C1. The van der Waals surface area contributed by atoms with Crippen molar-refractivity contribution < 1.29 is 18.0 Å². The van der Waals surface area contributed by atoms with E-state index >= 15 is 0 Å². The highest BCUT2D eigenvalue weighted by Crippen LogP contribution is 2.36. The molecular formula is C17H26ClF3N4O. The molecule has 2 rings (SSSR count). The molecule has 1 aromatic rings. The van der Waals surface area contributed by atoms with Crippen molar-refractivity contribution in [3.05, 3.63) is 16.4 Å². The lowest BCUT2D eigenvalue weighted by molar-refractivity contribution is -0.142. The summed E-state index contributed by atoms with van der Waals surface area (Å²) in [6.07, 6.45) is -3.21. The molecule has 1 saturated heterocycles. The highest BCUT2D eigenvalue weighted by atomic mass is 35.5. The molecule has 1 aromatic heterocycles. The van der Waals surface area contributed by atoms with Gasteiger partial charge in [0.25, 0.3) is 0 Å². The molecule has 1 atom stereocenters. The first-order valence-electron chi connectivity index (χ1n) is 8.54. The summed E-state index contributed by atoms with van der Waals surface area (Å²) < 4.78 is 40.0. The summed E-state index contributed by atoms with van der Waals surface area (Å²) in [5.41, 5.74) is -1.36. The van der Waals surface area contributed by atoms with Gasteiger partial charge >= 0.3 is 6.18 Å². The fourth-order valence-corrected chi connectivity index (χ4v) is 4.15. The second-order valence-electron chi connectivity index (χ2n) is 8.37. The van der Waals surface area contributed by atoms with E-state index in [0.717, 1.165) is 17.5 Å². The van der Waals surface area contributed by atoms with Crippen LogP contribution in [0.25, 0.3) is 0 Å². The number of halogens is 4. The first-order chi connectivity index (χ1) is 11.6. The molecule has 1 aliphatic rings. The number of amides is 1. The van der Waals surface area contributed by atoms with Crippen molar-refractivity contribution in [1.29, 1.82) is 0 Å². The van der Waals surface area contributed by atoms with E-state index in [9.17, 15) is 18.0 Å². The van der Waals surface area contributed by atoms with Crippen molar-refractivity contribution >= 4 is 17.5 Å². The summed E-state index contributed by atoms with van der Waals surface area (Å²) in [5, 5.41) is 9.55. The van der Waals surface area contributed by atoms with Crippen molar-refractivity contribution in [2.45, 2.75) is 83.7 Å². The minimum atomic E-state index is -4.66. The van der Waals surface area contributed by atoms with E-state index in [1.807, 2.05) is 0 Å². The van der Waals surface area contributed by atoms with Crippen LogP contribution in [-0.2, 0) is 11.0 Å². The van der Waals surface area contributed by atoms with Crippen molar-refractivity contribution in [3.63, 3.8) is 0 Å². The molecular weight excluding hydrogens is 369 g/mol. The molecule has 26 heavy (non-hydrogen) atoms. The molecule has 148 valence electrons. The van der Waals surface area contributed by atoms with E-state index in [2.05, 4.69) is 43.4 Å². The van der Waals surface area contributed by atoms with Crippen molar-refractivity contribution in [2.24, 2.45) is 0 Å². The van der Waals surface area contributed by atoms with Crippen LogP contribution in [0.2, 0.25) is 5.02 Å². The van der Waals surface area contributed by atoms with Gasteiger partial charge in [-0.15, -0.1) is 0 Å². The normalized spacial score (nSPS) is 21.5. The first kappa shape index (κ1) is 21.0. The third-order valence-corrected chi connectivity index (χ3v) is 5.08. The predicted octanol–water partition coefficient (Wildman–Crippen LogP) is 3.85. The number of nitrogens with zero attached hydrogens (tertiary/aromatic N) is 2. The molecule has 2 N–H and O–H groups in total. The second-order valence-corrected chi connectivity index (χ2v) is 8.75. The van der Waals surface area contributed by atoms with Crippen molar-refractivity contribution in [3.8, 4) is 0 Å². The number of rotatable bonds is 3. The largest absolute Gasteiger partial charge is 0.436 e. The highest BCUT2D eigenvalue weighted by Gasteiger charge is 2.41. The molecule has 0 aliphatic carbocycles. The van der Waals surface area contributed by atoms with Gasteiger partial charge in [-0.3, -0.25) is 9.48 Å². The Kier molecular flexibility index (Phi) is 5.43. The molecule has 1 amide bonds. The molecule has 0 bridgehead atoms. The quantitative estimate of drug-likeness (QED) is 0.818. The average molecular weight is 395 g/mol. The minimum absolute atomic E-state index is 0.0790. The van der Waals surface area contributed by atoms with Gasteiger partial charge in [0.1, 0.15) is 6.04 Å². The Bertz CT molecular complexity index is 681. The van der Waals surface area contributed by atoms with Crippen LogP contribution in [0.3, 0.4) is 0 Å². The average Bonchev–Trinajstić information content (AvgIpc) is 2.70. The number of nitrogens with one attached hydrogen (secondary N) is 2. The van der Waals surface area contributed by atoms with Crippen LogP contribution in [0.4, 0.5) is 13.2 Å². The summed E-state index contributed by atoms with van der Waals surface area (Å²) in [5.74, 6) is -0.375. The van der Waals surface area contributed by atoms with Gasteiger partial charge in [0.05, 0.1) is 10.7 Å². The standard InChI is InChI=1S/C17H26ClF3N4O/c1-9-12(18)13(17(19,20)21)23-25(9)10(2)14(26)22-11-7-15(3,4)24-16(5,6)8-11/h10-11,24H,7-8H2,1-6H3,(H,22,26)/t10-/m1/s1. The van der Waals surface area contributed by atoms with Gasteiger partial charge in [-0.2, -0.15) is 18.3 Å². The zero-order valence-corrected chi connectivity index (χ0v) is 16.6. The minimum Gasteiger partial charge on any atom is -0.351 e. The summed E-state index contributed by atoms with van der Waals surface area (Å²) in [6.45, 7) is 11.2. The maximum absolute atomic E-state index is 13.0. The number of hydrogen-bond acceptors (Lipinski definition) is 3. The topological polar surface area (TPSA) is 59.0 Å². The van der Waals surface area contributed by atoms with Crippen LogP contribution >= 0.6 is 11.6 Å². The summed E-state index contributed by atoms with van der Waals surface area (Å²) in [6, 6.07) is -0.977. The van der Waals surface area contributed by atoms with Gasteiger partial charge in [0.15, 0.2) is 5.69 Å². The van der Waals surface area contributed by atoms with Gasteiger partial charge in [-0.05, 0) is 54.4 Å². The van der Waals surface area contributed by atoms with E-state index in [1.165, 1.54) is 13.8 Å². The Balaban J connectivity index is 2.18. The van der Waals surface area contributed by atoms with Crippen LogP contribution in [0.5, 0.6) is 0 Å². The Morgan fingerprint density at radius 1 is 1.31 bits per heavy atom. The van der Waals surface area contributed by atoms with E-state index in [4.69, 9.17) is 11.6 Å². The van der Waals surface area contributed by atoms with Gasteiger partial charge in [-0.25, -0.2) is 0 Å². The Labute approximate surface area is 156 Å². The van der Waals surface area contributed by atoms with E-state index in [1.54, 1.807) is 0 Å². The zero-order chi connectivity index (χ0) is 20.1. The van der Waals surface area contributed by atoms with E-state index < -0.39 is 22.9 Å². The summed E-state index contributed by atoms with van der Waals surface area (Å²) >= 11 is 5.77. The molecule has 1 aliphatic heterocycles. The maximum atomic E-state index is 13.0. The Hall–Kier alpha value is -1.28. The number of piperidine rings is 1. The van der Waals surface area contributed by atoms with Crippen LogP contribution in [-0.4, -0.2) is 32.8 Å². The van der Waals surface area contributed by atoms with Crippen molar-refractivity contribution in [2.75, 3.05) is 0 Å². The molecule has 2 heterocycles. The van der Waals surface area contributed by atoms with Crippen LogP contribution in [0.1, 0.15) is 64.9 Å². The van der Waals surface area contributed by atoms with Crippen LogP contribution in [0.15, 0.2) is 0 Å². The summed E-state index contributed by atoms with van der Waals surface area (Å²) in [4.78, 5) is 12.6. The second kappa shape index (κ2) is 6.71. The lowest BCUT2D eigenvalue weighted by Crippen LogP contribution is -2.62. The molecule has 0 saturated carbocycles. The highest BCUT2D eigenvalue weighted by molar-refractivity contribution is 6.32. The third-order valence-electron chi connectivity index (χ3n) is 4.63. The fraction of sp³-hybridized carbons (Fsp3) is 0.765. The van der Waals surface area contributed by atoms with Crippen LogP contribution < -0.4 is 10.6 Å². The Morgan fingerprint density at radius 2 is 1.81 bits per heavy atom. The zero-order valence-electron chi connectivity index (χ0n) is 15.9. The third kappa shape index (κ3) is 4.52. The maximum Gasteiger partial charge on any atom is 0.436 e. The smallest absolute Gasteiger partial charge is 0.351 e. The summed E-state index contributed by atoms with van der Waals surface area (Å²) in [7, 11) is 0. The van der Waals surface area contributed by atoms with Gasteiger partial charge in [0.2, 0.25) is 5.91 Å². The van der Waals surface area contributed by atoms with Gasteiger partial charge in [-0.1, -0.05) is 11.6 Å². The molecule has 0 spiro atoms. The molecule has 0 radical (unpaired) electrons. The fourth-order valence-electron chi connectivity index (χ4n) is 3.91. The lowest BCUT2D eigenvalue weighted by Gasteiger charge is -2.46. The number of aromatic nitrogens is 2. The van der Waals surface area contributed by atoms with Crippen molar-refractivity contribution in [1.82, 2.24) is 20.4 Å². The Morgan fingerprint density at radius 3 is 2.23 bits per heavy atom.